The van der Waals surface area contributed by atoms with E-state index in [-0.39, 0.29) is 35.8 Å². The Labute approximate surface area is 258 Å². The number of nitrogens with one attached hydrogen (secondary N) is 2. The van der Waals surface area contributed by atoms with Crippen molar-refractivity contribution in [2.24, 2.45) is 17.1 Å². The van der Waals surface area contributed by atoms with Gasteiger partial charge in [0.25, 0.3) is 11.8 Å². The molecule has 2 aromatic rings. The van der Waals surface area contributed by atoms with Crippen molar-refractivity contribution in [1.29, 1.82) is 0 Å². The van der Waals surface area contributed by atoms with Crippen LogP contribution in [0.15, 0.2) is 23.1 Å². The van der Waals surface area contributed by atoms with E-state index in [1.54, 1.807) is 27.7 Å². The van der Waals surface area contributed by atoms with Crippen LogP contribution < -0.4 is 15.8 Å². The minimum absolute atomic E-state index is 0.0155. The van der Waals surface area contributed by atoms with Gasteiger partial charge in [0, 0.05) is 23.5 Å². The minimum atomic E-state index is -4.88. The summed E-state index contributed by atoms with van der Waals surface area (Å²) in [5.41, 5.74) is 3.36. The van der Waals surface area contributed by atoms with Crippen molar-refractivity contribution in [3.05, 3.63) is 46.3 Å². The normalized spacial score (nSPS) is 15.7. The van der Waals surface area contributed by atoms with E-state index >= 15 is 0 Å². The molecule has 1 atom stereocenters. The van der Waals surface area contributed by atoms with E-state index in [9.17, 15) is 36.9 Å². The van der Waals surface area contributed by atoms with Crippen molar-refractivity contribution >= 4 is 28.8 Å². The molecule has 1 fully saturated rings. The third-order valence-corrected chi connectivity index (χ3v) is 9.50. The van der Waals surface area contributed by atoms with Crippen molar-refractivity contribution in [3.8, 4) is 5.69 Å². The highest BCUT2D eigenvalue weighted by molar-refractivity contribution is 7.83. The number of primary amides is 1. The summed E-state index contributed by atoms with van der Waals surface area (Å²) in [5.74, 6) is -2.53. The van der Waals surface area contributed by atoms with Gasteiger partial charge >= 0.3 is 12.1 Å². The lowest BCUT2D eigenvalue weighted by molar-refractivity contribution is -0.147. The number of carbonyl (C=O) groups is 3. The summed E-state index contributed by atoms with van der Waals surface area (Å²) in [6.07, 6.45) is 0.504. The van der Waals surface area contributed by atoms with Crippen LogP contribution in [0.5, 0.6) is 0 Å². The topological polar surface area (TPSA) is 144 Å². The molecule has 44 heavy (non-hydrogen) atoms. The number of amides is 2. The molecule has 0 saturated heterocycles. The standard InChI is InChI=1S/C31H43F3N4O5S/c1-18-22(16-19-10-8-7-9-11-19)38(25(26(35)39)24(18)27(40)36-15-14-30(5,6)28(41)42)20-12-13-23(21(17-20)31(32,33)34)44(43)37-29(2,3)4/h12-13,17,19,37H,7-11,14-16H2,1-6H3,(H2,35,39)(H,36,40)(H,41,42). The summed E-state index contributed by atoms with van der Waals surface area (Å²) in [4.78, 5) is 37.6. The SMILES string of the molecule is Cc1c(C(=O)NCCC(C)(C)C(=O)O)c(C(N)=O)n(-c2ccc(S(=O)NC(C)(C)C)c(C(F)(F)F)c2)c1CC1CCCCC1. The van der Waals surface area contributed by atoms with Crippen LogP contribution in [-0.4, -0.2) is 43.7 Å². The maximum atomic E-state index is 14.4. The number of hydrogen-bond donors (Lipinski definition) is 4. The monoisotopic (exact) mass is 640 g/mol. The lowest BCUT2D eigenvalue weighted by Gasteiger charge is -2.24. The maximum Gasteiger partial charge on any atom is 0.417 e. The average Bonchev–Trinajstić information content (AvgIpc) is 3.19. The minimum Gasteiger partial charge on any atom is -0.481 e. The number of carboxylic acids is 1. The van der Waals surface area contributed by atoms with Crippen LogP contribution in [0.1, 0.15) is 111 Å². The Hall–Kier alpha value is -3.19. The van der Waals surface area contributed by atoms with Crippen LogP contribution in [0.25, 0.3) is 5.69 Å². The van der Waals surface area contributed by atoms with Crippen LogP contribution in [-0.2, 0) is 28.4 Å². The quantitative estimate of drug-likeness (QED) is 0.250. The molecular weight excluding hydrogens is 597 g/mol. The van der Waals surface area contributed by atoms with Gasteiger partial charge in [-0.25, -0.2) is 8.93 Å². The van der Waals surface area contributed by atoms with E-state index in [1.807, 2.05) is 0 Å². The second-order valence-electron chi connectivity index (χ2n) is 13.2. The Morgan fingerprint density at radius 3 is 2.20 bits per heavy atom. The van der Waals surface area contributed by atoms with Crippen molar-refractivity contribution in [2.75, 3.05) is 6.54 Å². The molecule has 0 spiro atoms. The van der Waals surface area contributed by atoms with Crippen molar-refractivity contribution in [2.45, 2.75) is 103 Å². The molecule has 0 aliphatic heterocycles. The summed E-state index contributed by atoms with van der Waals surface area (Å²) >= 11 is 0. The van der Waals surface area contributed by atoms with E-state index in [0.717, 1.165) is 44.2 Å². The van der Waals surface area contributed by atoms with Gasteiger partial charge < -0.3 is 20.7 Å². The fourth-order valence-electron chi connectivity index (χ4n) is 5.50. The molecule has 1 aromatic heterocycles. The molecule has 0 bridgehead atoms. The predicted octanol–water partition coefficient (Wildman–Crippen LogP) is 5.67. The van der Waals surface area contributed by atoms with Crippen molar-refractivity contribution in [3.63, 3.8) is 0 Å². The highest BCUT2D eigenvalue weighted by atomic mass is 32.2. The molecule has 2 amide bonds. The largest absolute Gasteiger partial charge is 0.481 e. The summed E-state index contributed by atoms with van der Waals surface area (Å²) < 4.78 is 60.2. The first-order chi connectivity index (χ1) is 20.2. The number of rotatable bonds is 11. The fraction of sp³-hybridized carbons (Fsp3) is 0.581. The number of nitrogens with zero attached hydrogens (tertiary/aromatic N) is 1. The number of aromatic nitrogens is 1. The summed E-state index contributed by atoms with van der Waals surface area (Å²) in [7, 11) is -2.20. The van der Waals surface area contributed by atoms with E-state index in [4.69, 9.17) is 5.73 Å². The summed E-state index contributed by atoms with van der Waals surface area (Å²) in [6.45, 7) is 9.71. The second kappa shape index (κ2) is 13.4. The predicted molar refractivity (Wildman–Crippen MR) is 162 cm³/mol. The third kappa shape index (κ3) is 8.29. The second-order valence-corrected chi connectivity index (χ2v) is 14.4. The van der Waals surface area contributed by atoms with Crippen LogP contribution >= 0.6 is 0 Å². The first-order valence-corrected chi connectivity index (χ1v) is 15.9. The van der Waals surface area contributed by atoms with Crippen LogP contribution in [0, 0.1) is 18.3 Å². The number of aliphatic carboxylic acids is 1. The number of carbonyl (C=O) groups excluding carboxylic acids is 2. The Kier molecular flexibility index (Phi) is 10.8. The van der Waals surface area contributed by atoms with E-state index < -0.39 is 56.4 Å². The lowest BCUT2D eigenvalue weighted by Crippen LogP contribution is -2.37. The molecular formula is C31H43F3N4O5S. The molecule has 244 valence electrons. The van der Waals surface area contributed by atoms with Gasteiger partial charge in [-0.15, -0.1) is 0 Å². The van der Waals surface area contributed by atoms with E-state index in [1.165, 1.54) is 24.5 Å². The Balaban J connectivity index is 2.21. The Morgan fingerprint density at radius 1 is 1.07 bits per heavy atom. The van der Waals surface area contributed by atoms with Gasteiger partial charge in [0.15, 0.2) is 0 Å². The molecule has 1 unspecified atom stereocenters. The lowest BCUT2D eigenvalue weighted by atomic mass is 9.85. The zero-order chi connectivity index (χ0) is 33.2. The molecule has 1 saturated carbocycles. The van der Waals surface area contributed by atoms with Crippen molar-refractivity contribution in [1.82, 2.24) is 14.6 Å². The molecule has 9 nitrogen and oxygen atoms in total. The highest BCUT2D eigenvalue weighted by Gasteiger charge is 2.38. The van der Waals surface area contributed by atoms with Crippen LogP contribution in [0.3, 0.4) is 0 Å². The molecule has 0 radical (unpaired) electrons. The Morgan fingerprint density at radius 2 is 1.68 bits per heavy atom. The van der Waals surface area contributed by atoms with Crippen molar-refractivity contribution < 1.29 is 36.9 Å². The first-order valence-electron chi connectivity index (χ1n) is 14.7. The number of hydrogen-bond acceptors (Lipinski definition) is 4. The van der Waals surface area contributed by atoms with E-state index in [2.05, 4.69) is 10.0 Å². The first kappa shape index (κ1) is 35.3. The van der Waals surface area contributed by atoms with Gasteiger partial charge in [-0.2, -0.15) is 13.2 Å². The summed E-state index contributed by atoms with van der Waals surface area (Å²) in [5, 5.41) is 12.1. The molecule has 1 aliphatic rings. The Bertz CT molecular complexity index is 1440. The number of halogens is 3. The molecule has 1 aromatic carbocycles. The smallest absolute Gasteiger partial charge is 0.417 e. The number of nitrogens with two attached hydrogens (primary N) is 1. The van der Waals surface area contributed by atoms with Gasteiger partial charge in [0.05, 0.1) is 21.4 Å². The summed E-state index contributed by atoms with van der Waals surface area (Å²) in [6, 6.07) is 3.30. The van der Waals surface area contributed by atoms with Gasteiger partial charge in [-0.05, 0) is 84.1 Å². The molecule has 1 heterocycles. The van der Waals surface area contributed by atoms with Gasteiger partial charge in [0.1, 0.15) is 16.7 Å². The zero-order valence-corrected chi connectivity index (χ0v) is 26.9. The average molecular weight is 641 g/mol. The van der Waals surface area contributed by atoms with Crippen LogP contribution in [0.2, 0.25) is 0 Å². The van der Waals surface area contributed by atoms with Gasteiger partial charge in [0.2, 0.25) is 0 Å². The van der Waals surface area contributed by atoms with Gasteiger partial charge in [-0.3, -0.25) is 14.4 Å². The zero-order valence-electron chi connectivity index (χ0n) is 26.1. The maximum absolute atomic E-state index is 14.4. The third-order valence-electron chi connectivity index (χ3n) is 7.95. The number of carboxylic acid groups (broad SMARTS) is 1. The molecule has 3 rings (SSSR count). The number of alkyl halides is 3. The highest BCUT2D eigenvalue weighted by Crippen LogP contribution is 2.38. The van der Waals surface area contributed by atoms with Gasteiger partial charge in [-0.1, -0.05) is 32.1 Å². The van der Waals surface area contributed by atoms with E-state index in [0.29, 0.717) is 17.7 Å². The number of benzene rings is 1. The fourth-order valence-corrected chi connectivity index (χ4v) is 6.73. The van der Waals surface area contributed by atoms with Crippen LogP contribution in [0.4, 0.5) is 13.2 Å². The molecule has 5 N–H and O–H groups in total. The molecule has 1 aliphatic carbocycles. The molecule has 13 heteroatoms.